The fourth-order valence-corrected chi connectivity index (χ4v) is 4.12. The smallest absolute Gasteiger partial charge is 0.257 e. The third-order valence-corrected chi connectivity index (χ3v) is 6.03. The molecule has 1 fully saturated rings. The van der Waals surface area contributed by atoms with E-state index in [-0.39, 0.29) is 5.91 Å². The van der Waals surface area contributed by atoms with Crippen molar-refractivity contribution in [2.75, 3.05) is 32.9 Å². The van der Waals surface area contributed by atoms with Crippen LogP contribution in [0.3, 0.4) is 0 Å². The average molecular weight is 446 g/mol. The van der Waals surface area contributed by atoms with Crippen molar-refractivity contribution >= 4 is 11.7 Å². The van der Waals surface area contributed by atoms with Crippen molar-refractivity contribution in [1.29, 1.82) is 0 Å². The van der Waals surface area contributed by atoms with E-state index in [1.165, 1.54) is 10.5 Å². The minimum absolute atomic E-state index is 0.116. The zero-order valence-electron chi connectivity index (χ0n) is 19.3. The molecule has 2 N–H and O–H groups in total. The number of carbonyl (C=O) groups excluding carboxylic acids is 1. The van der Waals surface area contributed by atoms with Crippen molar-refractivity contribution < 1.29 is 9.53 Å². The summed E-state index contributed by atoms with van der Waals surface area (Å²) in [5.74, 6) is 1.42. The Balaban J connectivity index is 1.27. The first kappa shape index (κ1) is 22.7. The molecule has 0 spiro atoms. The Morgan fingerprint density at radius 2 is 1.85 bits per heavy atom. The lowest BCUT2D eigenvalue weighted by Gasteiger charge is -2.32. The van der Waals surface area contributed by atoms with Gasteiger partial charge in [-0.1, -0.05) is 18.2 Å². The molecule has 0 atom stereocenters. The van der Waals surface area contributed by atoms with Gasteiger partial charge in [-0.15, -0.1) is 0 Å². The lowest BCUT2D eigenvalue weighted by atomic mass is 9.92. The van der Waals surface area contributed by atoms with Gasteiger partial charge >= 0.3 is 0 Å². The highest BCUT2D eigenvalue weighted by molar-refractivity contribution is 5.98. The molecule has 3 aromatic rings. The molecule has 4 rings (SSSR count). The van der Waals surface area contributed by atoms with Crippen LogP contribution >= 0.6 is 0 Å². The first-order valence-electron chi connectivity index (χ1n) is 11.3. The number of piperidine rings is 1. The van der Waals surface area contributed by atoms with Crippen molar-refractivity contribution in [3.05, 3.63) is 83.3 Å². The van der Waals surface area contributed by atoms with Crippen LogP contribution in [-0.2, 0) is 13.2 Å². The molecule has 2 aromatic heterocycles. The third kappa shape index (κ3) is 5.87. The van der Waals surface area contributed by atoms with Gasteiger partial charge in [-0.25, -0.2) is 4.98 Å². The largest absolute Gasteiger partial charge is 0.487 e. The number of nitrogen functional groups attached to an aromatic ring is 1. The number of anilines is 1. The van der Waals surface area contributed by atoms with Crippen LogP contribution in [0.5, 0.6) is 5.75 Å². The minimum atomic E-state index is -0.116. The van der Waals surface area contributed by atoms with Crippen LogP contribution in [0.25, 0.3) is 0 Å². The van der Waals surface area contributed by atoms with E-state index < -0.39 is 0 Å². The molecule has 33 heavy (non-hydrogen) atoms. The molecule has 0 radical (unpaired) electrons. The Kier molecular flexibility index (Phi) is 7.19. The molecule has 0 aliphatic carbocycles. The highest BCUT2D eigenvalue weighted by atomic mass is 16.5. The second-order valence-corrected chi connectivity index (χ2v) is 8.67. The molecule has 1 saturated heterocycles. The first-order chi connectivity index (χ1) is 16.0. The summed E-state index contributed by atoms with van der Waals surface area (Å²) in [6.07, 6.45) is 3.83. The van der Waals surface area contributed by atoms with Gasteiger partial charge in [0.05, 0.1) is 11.3 Å². The maximum Gasteiger partial charge on any atom is 0.257 e. The van der Waals surface area contributed by atoms with E-state index in [0.717, 1.165) is 49.6 Å². The highest BCUT2D eigenvalue weighted by Gasteiger charge is 2.23. The van der Waals surface area contributed by atoms with E-state index in [1.54, 1.807) is 20.3 Å². The number of nitrogens with zero attached hydrogens (tertiary/aromatic N) is 4. The van der Waals surface area contributed by atoms with Crippen molar-refractivity contribution in [2.45, 2.75) is 31.9 Å². The maximum atomic E-state index is 12.2. The van der Waals surface area contributed by atoms with E-state index >= 15 is 0 Å². The fourth-order valence-electron chi connectivity index (χ4n) is 4.12. The number of nitrogens with two attached hydrogens (primary N) is 1. The van der Waals surface area contributed by atoms with Gasteiger partial charge in [0.1, 0.15) is 18.2 Å². The van der Waals surface area contributed by atoms with Crippen LogP contribution in [0.2, 0.25) is 0 Å². The van der Waals surface area contributed by atoms with Crippen LogP contribution in [0.15, 0.2) is 60.8 Å². The number of hydrogen-bond acceptors (Lipinski definition) is 6. The van der Waals surface area contributed by atoms with Crippen molar-refractivity contribution in [3.63, 3.8) is 0 Å². The standard InChI is InChI=1S/C26H31N5O2/c1-30(2)26(32)23-10-11-24(29-25(23)27)20-12-15-31(16-13-20)17-19-6-8-22(9-7-19)33-18-21-5-3-4-14-28-21/h3-11,14,20H,12-13,15-18H2,1-2H3,(H2,27,29). The Morgan fingerprint density at radius 1 is 1.09 bits per heavy atom. The molecule has 0 saturated carbocycles. The molecule has 172 valence electrons. The number of likely N-dealkylation sites (tertiary alicyclic amines) is 1. The van der Waals surface area contributed by atoms with E-state index in [9.17, 15) is 4.79 Å². The Morgan fingerprint density at radius 3 is 2.48 bits per heavy atom. The molecule has 1 amide bonds. The Hall–Kier alpha value is -3.45. The van der Waals surface area contributed by atoms with Crippen LogP contribution in [0.1, 0.15) is 46.1 Å². The van der Waals surface area contributed by atoms with Gasteiger partial charge in [0.2, 0.25) is 0 Å². The predicted molar refractivity (Wildman–Crippen MR) is 129 cm³/mol. The number of benzene rings is 1. The number of pyridine rings is 2. The maximum absolute atomic E-state index is 12.2. The zero-order valence-corrected chi connectivity index (χ0v) is 19.3. The second kappa shape index (κ2) is 10.4. The van der Waals surface area contributed by atoms with Gasteiger partial charge in [-0.3, -0.25) is 14.7 Å². The Labute approximate surface area is 195 Å². The fraction of sp³-hybridized carbons (Fsp3) is 0.346. The molecule has 7 nitrogen and oxygen atoms in total. The van der Waals surface area contributed by atoms with E-state index in [2.05, 4.69) is 27.0 Å². The van der Waals surface area contributed by atoms with Crippen LogP contribution in [0, 0.1) is 0 Å². The summed E-state index contributed by atoms with van der Waals surface area (Å²) < 4.78 is 5.83. The van der Waals surface area contributed by atoms with Gasteiger partial charge in [-0.05, 0) is 67.9 Å². The van der Waals surface area contributed by atoms with Crippen LogP contribution in [-0.4, -0.2) is 52.9 Å². The molecule has 1 aromatic carbocycles. The van der Waals surface area contributed by atoms with Gasteiger partial charge in [0.25, 0.3) is 5.91 Å². The molecule has 3 heterocycles. The van der Waals surface area contributed by atoms with E-state index in [0.29, 0.717) is 23.9 Å². The molecule has 7 heteroatoms. The first-order valence-corrected chi connectivity index (χ1v) is 11.3. The van der Waals surface area contributed by atoms with Gasteiger partial charge < -0.3 is 15.4 Å². The van der Waals surface area contributed by atoms with Crippen LogP contribution in [0.4, 0.5) is 5.82 Å². The van der Waals surface area contributed by atoms with Gasteiger partial charge in [-0.2, -0.15) is 0 Å². The number of hydrogen-bond donors (Lipinski definition) is 1. The summed E-state index contributed by atoms with van der Waals surface area (Å²) in [5.41, 5.74) is 9.72. The lowest BCUT2D eigenvalue weighted by molar-refractivity contribution is 0.0828. The number of ether oxygens (including phenoxy) is 1. The quantitative estimate of drug-likeness (QED) is 0.597. The molecular weight excluding hydrogens is 414 g/mol. The summed E-state index contributed by atoms with van der Waals surface area (Å²) >= 11 is 0. The zero-order chi connectivity index (χ0) is 23.2. The summed E-state index contributed by atoms with van der Waals surface area (Å²) in [6, 6.07) is 17.9. The van der Waals surface area contributed by atoms with Gasteiger partial charge in [0, 0.05) is 38.4 Å². The van der Waals surface area contributed by atoms with E-state index in [1.807, 2.05) is 42.5 Å². The Bertz CT molecular complexity index is 1060. The summed E-state index contributed by atoms with van der Waals surface area (Å²) in [6.45, 7) is 3.39. The second-order valence-electron chi connectivity index (χ2n) is 8.67. The minimum Gasteiger partial charge on any atom is -0.487 e. The average Bonchev–Trinajstić information content (AvgIpc) is 2.84. The molecule has 1 aliphatic rings. The summed E-state index contributed by atoms with van der Waals surface area (Å²) in [4.78, 5) is 25.0. The summed E-state index contributed by atoms with van der Waals surface area (Å²) in [5, 5.41) is 0. The highest BCUT2D eigenvalue weighted by Crippen LogP contribution is 2.29. The van der Waals surface area contributed by atoms with Crippen molar-refractivity contribution in [3.8, 4) is 5.75 Å². The topological polar surface area (TPSA) is 84.6 Å². The third-order valence-electron chi connectivity index (χ3n) is 6.03. The van der Waals surface area contributed by atoms with Crippen molar-refractivity contribution in [2.24, 2.45) is 0 Å². The van der Waals surface area contributed by atoms with Crippen molar-refractivity contribution in [1.82, 2.24) is 19.8 Å². The molecular formula is C26H31N5O2. The summed E-state index contributed by atoms with van der Waals surface area (Å²) in [7, 11) is 3.43. The number of rotatable bonds is 7. The SMILES string of the molecule is CN(C)C(=O)c1ccc(C2CCN(Cc3ccc(OCc4ccccn4)cc3)CC2)nc1N. The van der Waals surface area contributed by atoms with E-state index in [4.69, 9.17) is 10.5 Å². The predicted octanol–water partition coefficient (Wildman–Crippen LogP) is 3.72. The molecule has 0 unspecified atom stereocenters. The lowest BCUT2D eigenvalue weighted by Crippen LogP contribution is -2.32. The van der Waals surface area contributed by atoms with Gasteiger partial charge in [0.15, 0.2) is 0 Å². The molecule has 1 aliphatic heterocycles. The number of carbonyl (C=O) groups is 1. The normalized spacial score (nSPS) is 14.7. The van der Waals surface area contributed by atoms with Crippen LogP contribution < -0.4 is 10.5 Å². The molecule has 0 bridgehead atoms. The number of aromatic nitrogens is 2. The number of amides is 1. The monoisotopic (exact) mass is 445 g/mol.